The first-order valence-corrected chi connectivity index (χ1v) is 9.73. The minimum absolute atomic E-state index is 0.0751. The average molecular weight is 441 g/mol. The molecule has 1 heterocycles. The quantitative estimate of drug-likeness (QED) is 0.531. The van der Waals surface area contributed by atoms with Gasteiger partial charge in [0.05, 0.1) is 28.3 Å². The molecule has 0 aromatic heterocycles. The molecule has 0 bridgehead atoms. The van der Waals surface area contributed by atoms with Crippen LogP contribution in [0.5, 0.6) is 5.75 Å². The van der Waals surface area contributed by atoms with Gasteiger partial charge in [0.2, 0.25) is 0 Å². The smallest absolute Gasteiger partial charge is 0.416 e. The third kappa shape index (κ3) is 3.62. The van der Waals surface area contributed by atoms with Gasteiger partial charge in [0.1, 0.15) is 5.75 Å². The first kappa shape index (κ1) is 21.2. The summed E-state index contributed by atoms with van der Waals surface area (Å²) in [5.74, 6) is -0.168. The first-order valence-electron chi connectivity index (χ1n) is 9.73. The van der Waals surface area contributed by atoms with Gasteiger partial charge in [-0.15, -0.1) is 0 Å². The van der Waals surface area contributed by atoms with E-state index in [0.29, 0.717) is 0 Å². The summed E-state index contributed by atoms with van der Waals surface area (Å²) in [5.41, 5.74) is -0.490. The van der Waals surface area contributed by atoms with Crippen molar-refractivity contribution in [3.8, 4) is 5.75 Å². The fraction of sp³-hybridized carbons (Fsp3) is 0.130. The Kier molecular flexibility index (Phi) is 5.25. The third-order valence-electron chi connectivity index (χ3n) is 5.06. The topological polar surface area (TPSA) is 64.1 Å². The molecule has 0 radical (unpaired) electrons. The van der Waals surface area contributed by atoms with Crippen LogP contribution in [-0.2, 0) is 6.18 Å². The van der Waals surface area contributed by atoms with E-state index in [0.717, 1.165) is 21.9 Å². The summed E-state index contributed by atoms with van der Waals surface area (Å²) in [5, 5.41) is 9.89. The summed E-state index contributed by atoms with van der Waals surface area (Å²) < 4.78 is 40.5. The van der Waals surface area contributed by atoms with E-state index >= 15 is 0 Å². The number of anilines is 4. The number of rotatable bonds is 3. The Morgan fingerprint density at radius 2 is 1.47 bits per heavy atom. The number of fused-ring (bicyclic) bond motifs is 1. The highest BCUT2D eigenvalue weighted by atomic mass is 19.4. The molecule has 0 saturated carbocycles. The van der Waals surface area contributed by atoms with Gasteiger partial charge in [-0.25, -0.2) is 14.5 Å². The number of para-hydroxylation sites is 1. The molecule has 1 N–H and O–H groups in total. The molecular formula is C23H18F3N3O3. The lowest BCUT2D eigenvalue weighted by Gasteiger charge is -2.27. The van der Waals surface area contributed by atoms with E-state index in [9.17, 15) is 27.9 Å². The number of carbonyl (C=O) groups is 2. The van der Waals surface area contributed by atoms with Crippen molar-refractivity contribution in [1.29, 1.82) is 0 Å². The lowest BCUT2D eigenvalue weighted by molar-refractivity contribution is -0.137. The van der Waals surface area contributed by atoms with E-state index in [-0.39, 0.29) is 35.0 Å². The van der Waals surface area contributed by atoms with Crippen LogP contribution in [0.1, 0.15) is 12.5 Å². The van der Waals surface area contributed by atoms with Gasteiger partial charge >= 0.3 is 18.2 Å². The molecule has 0 saturated heterocycles. The van der Waals surface area contributed by atoms with E-state index in [1.54, 1.807) is 37.3 Å². The van der Waals surface area contributed by atoms with Gasteiger partial charge < -0.3 is 5.11 Å². The molecule has 4 rings (SSSR count). The molecule has 3 aromatic carbocycles. The van der Waals surface area contributed by atoms with Gasteiger partial charge in [-0.05, 0) is 49.4 Å². The largest absolute Gasteiger partial charge is 0.508 e. The van der Waals surface area contributed by atoms with Crippen molar-refractivity contribution in [3.63, 3.8) is 0 Å². The van der Waals surface area contributed by atoms with Gasteiger partial charge in [0.25, 0.3) is 0 Å². The van der Waals surface area contributed by atoms with Crippen molar-refractivity contribution in [2.24, 2.45) is 0 Å². The van der Waals surface area contributed by atoms with Crippen LogP contribution in [0.2, 0.25) is 0 Å². The standard InChI is InChI=1S/C23H18F3N3O3/c1-2-27-19-12-11-15(23(24,25)26)13-20(19)28(16-7-4-3-5-8-16)22(32)29(21(27)31)17-9-6-10-18(30)14-17/h3-14,30H,2H2,1H3. The second-order valence-electron chi connectivity index (χ2n) is 7.04. The van der Waals surface area contributed by atoms with Crippen molar-refractivity contribution in [2.45, 2.75) is 13.1 Å². The highest BCUT2D eigenvalue weighted by molar-refractivity contribution is 6.28. The van der Waals surface area contributed by atoms with E-state index < -0.39 is 23.8 Å². The van der Waals surface area contributed by atoms with Crippen LogP contribution >= 0.6 is 0 Å². The number of hydrogen-bond donors (Lipinski definition) is 1. The van der Waals surface area contributed by atoms with Gasteiger partial charge in [0, 0.05) is 12.6 Å². The van der Waals surface area contributed by atoms with Gasteiger partial charge in [-0.2, -0.15) is 13.2 Å². The second kappa shape index (κ2) is 7.92. The summed E-state index contributed by atoms with van der Waals surface area (Å²) in [6, 6.07) is 15.0. The van der Waals surface area contributed by atoms with Crippen molar-refractivity contribution < 1.29 is 27.9 Å². The molecule has 164 valence electrons. The number of benzene rings is 3. The molecule has 32 heavy (non-hydrogen) atoms. The van der Waals surface area contributed by atoms with Crippen LogP contribution in [0.25, 0.3) is 0 Å². The van der Waals surface area contributed by atoms with Crippen LogP contribution < -0.4 is 14.7 Å². The van der Waals surface area contributed by atoms with Crippen molar-refractivity contribution in [3.05, 3.63) is 78.4 Å². The number of alkyl halides is 3. The summed E-state index contributed by atoms with van der Waals surface area (Å²) in [6.07, 6.45) is -4.64. The van der Waals surface area contributed by atoms with Gasteiger partial charge in [0.15, 0.2) is 0 Å². The third-order valence-corrected chi connectivity index (χ3v) is 5.06. The molecule has 9 heteroatoms. The normalized spacial score (nSPS) is 14.4. The van der Waals surface area contributed by atoms with E-state index in [2.05, 4.69) is 0 Å². The number of nitrogens with zero attached hydrogens (tertiary/aromatic N) is 3. The van der Waals surface area contributed by atoms with Gasteiger partial charge in [-0.1, -0.05) is 24.3 Å². The number of urea groups is 2. The molecule has 0 spiro atoms. The van der Waals surface area contributed by atoms with Crippen molar-refractivity contribution in [2.75, 3.05) is 21.2 Å². The van der Waals surface area contributed by atoms with E-state index in [4.69, 9.17) is 0 Å². The number of carbonyl (C=O) groups excluding carboxylic acids is 2. The summed E-state index contributed by atoms with van der Waals surface area (Å²) >= 11 is 0. The van der Waals surface area contributed by atoms with Crippen molar-refractivity contribution in [1.82, 2.24) is 0 Å². The van der Waals surface area contributed by atoms with Gasteiger partial charge in [-0.3, -0.25) is 9.80 Å². The van der Waals surface area contributed by atoms with Crippen LogP contribution in [0.15, 0.2) is 72.8 Å². The molecule has 3 aromatic rings. The molecule has 0 atom stereocenters. The molecular weight excluding hydrogens is 423 g/mol. The molecule has 1 aliphatic heterocycles. The highest BCUT2D eigenvalue weighted by Crippen LogP contribution is 2.43. The number of halogens is 3. The molecule has 0 aliphatic carbocycles. The zero-order valence-corrected chi connectivity index (χ0v) is 16.9. The van der Waals surface area contributed by atoms with Crippen LogP contribution in [0, 0.1) is 0 Å². The zero-order valence-electron chi connectivity index (χ0n) is 16.9. The maximum Gasteiger partial charge on any atom is 0.416 e. The Bertz CT molecular complexity index is 1180. The average Bonchev–Trinajstić information content (AvgIpc) is 2.84. The fourth-order valence-corrected chi connectivity index (χ4v) is 3.60. The van der Waals surface area contributed by atoms with Crippen LogP contribution in [0.4, 0.5) is 45.5 Å². The molecule has 6 nitrogen and oxygen atoms in total. The van der Waals surface area contributed by atoms with E-state index in [1.165, 1.54) is 35.2 Å². The number of phenolic OH excluding ortho intramolecular Hbond substituents is 1. The Hall–Kier alpha value is -4.01. The Labute approximate surface area is 181 Å². The molecule has 1 aliphatic rings. The number of aromatic hydroxyl groups is 1. The predicted molar refractivity (Wildman–Crippen MR) is 114 cm³/mol. The maximum atomic E-state index is 13.7. The Morgan fingerprint density at radius 1 is 0.781 bits per heavy atom. The fourth-order valence-electron chi connectivity index (χ4n) is 3.60. The molecule has 4 amide bonds. The number of phenols is 1. The monoisotopic (exact) mass is 441 g/mol. The summed E-state index contributed by atoms with van der Waals surface area (Å²) in [6.45, 7) is 1.76. The van der Waals surface area contributed by atoms with E-state index in [1.807, 2.05) is 0 Å². The lowest BCUT2D eigenvalue weighted by atomic mass is 10.1. The summed E-state index contributed by atoms with van der Waals surface area (Å²) in [7, 11) is 0. The lowest BCUT2D eigenvalue weighted by Crippen LogP contribution is -2.48. The summed E-state index contributed by atoms with van der Waals surface area (Å²) in [4.78, 5) is 30.2. The minimum Gasteiger partial charge on any atom is -0.508 e. The number of imide groups is 1. The Balaban J connectivity index is 2.00. The van der Waals surface area contributed by atoms with Crippen molar-refractivity contribution >= 4 is 34.8 Å². The minimum atomic E-state index is -4.64. The molecule has 0 unspecified atom stereocenters. The second-order valence-corrected chi connectivity index (χ2v) is 7.04. The number of amides is 4. The van der Waals surface area contributed by atoms with Crippen LogP contribution in [-0.4, -0.2) is 23.7 Å². The van der Waals surface area contributed by atoms with Crippen LogP contribution in [0.3, 0.4) is 0 Å². The zero-order chi connectivity index (χ0) is 23.0. The SMILES string of the molecule is CCN1C(=O)N(c2cccc(O)c2)C(=O)N(c2ccccc2)c2cc(C(F)(F)F)ccc21. The first-order chi connectivity index (χ1) is 15.2. The maximum absolute atomic E-state index is 13.7. The molecule has 0 fully saturated rings. The number of hydrogen-bond acceptors (Lipinski definition) is 3. The Morgan fingerprint density at radius 3 is 2.09 bits per heavy atom. The predicted octanol–water partition coefficient (Wildman–Crippen LogP) is 6.14. The highest BCUT2D eigenvalue weighted by Gasteiger charge is 2.41.